The zero-order valence-electron chi connectivity index (χ0n) is 11.5. The number of nitrogens with one attached hydrogen (secondary N) is 1. The van der Waals surface area contributed by atoms with Crippen molar-refractivity contribution in [3.63, 3.8) is 0 Å². The molecule has 4 heteroatoms. The fourth-order valence-electron chi connectivity index (χ4n) is 1.90. The molecule has 0 aliphatic carbocycles. The average Bonchev–Trinajstić information content (AvgIpc) is 2.39. The summed E-state index contributed by atoms with van der Waals surface area (Å²) >= 11 is 0. The van der Waals surface area contributed by atoms with E-state index in [0.717, 1.165) is 19.3 Å². The van der Waals surface area contributed by atoms with Gasteiger partial charge in [-0.05, 0) is 18.9 Å². The first-order chi connectivity index (χ1) is 9.00. The number of hydrogen-bond donors (Lipinski definition) is 2. The minimum Gasteiger partial charge on any atom is -0.479 e. The predicted octanol–water partition coefficient (Wildman–Crippen LogP) is 2.68. The zero-order valence-corrected chi connectivity index (χ0v) is 11.5. The molecule has 4 nitrogen and oxygen atoms in total. The number of carbonyl (C=O) groups is 2. The van der Waals surface area contributed by atoms with Crippen LogP contribution in [0.5, 0.6) is 0 Å². The van der Waals surface area contributed by atoms with Crippen LogP contribution in [0.1, 0.15) is 45.1 Å². The molecular weight excluding hydrogens is 242 g/mol. The standard InChI is InChI=1S/C15H21NO3/c1-3-4-6-11-13(17)16-15(2,14(18)19)12-9-7-5-8-10-12/h5,7-10H,3-4,6,11H2,1-2H3,(H,16,17)(H,18,19). The first kappa shape index (κ1) is 15.2. The Hall–Kier alpha value is -1.84. The maximum atomic E-state index is 11.8. The van der Waals surface area contributed by atoms with Crippen LogP contribution in [0.15, 0.2) is 30.3 Å². The van der Waals surface area contributed by atoms with E-state index in [2.05, 4.69) is 12.2 Å². The van der Waals surface area contributed by atoms with E-state index in [-0.39, 0.29) is 5.91 Å². The molecule has 1 aromatic rings. The lowest BCUT2D eigenvalue weighted by atomic mass is 9.92. The molecule has 104 valence electrons. The van der Waals surface area contributed by atoms with Gasteiger partial charge in [-0.1, -0.05) is 50.1 Å². The van der Waals surface area contributed by atoms with Crippen LogP contribution >= 0.6 is 0 Å². The van der Waals surface area contributed by atoms with Crippen LogP contribution in [-0.4, -0.2) is 17.0 Å². The Labute approximate surface area is 113 Å². The Kier molecular flexibility index (Phi) is 5.55. The van der Waals surface area contributed by atoms with E-state index < -0.39 is 11.5 Å². The number of unbranched alkanes of at least 4 members (excludes halogenated alkanes) is 2. The predicted molar refractivity (Wildman–Crippen MR) is 73.7 cm³/mol. The summed E-state index contributed by atoms with van der Waals surface area (Å²) in [5.74, 6) is -1.27. The molecule has 0 fully saturated rings. The van der Waals surface area contributed by atoms with E-state index in [0.29, 0.717) is 12.0 Å². The molecule has 0 bridgehead atoms. The number of benzene rings is 1. The minimum atomic E-state index is -1.37. The van der Waals surface area contributed by atoms with Gasteiger partial charge in [-0.25, -0.2) is 4.79 Å². The Morgan fingerprint density at radius 2 is 1.84 bits per heavy atom. The second kappa shape index (κ2) is 6.92. The number of hydrogen-bond acceptors (Lipinski definition) is 2. The van der Waals surface area contributed by atoms with E-state index in [4.69, 9.17) is 0 Å². The van der Waals surface area contributed by atoms with Gasteiger partial charge in [0.25, 0.3) is 0 Å². The molecule has 0 aliphatic heterocycles. The Balaban J connectivity index is 2.78. The highest BCUT2D eigenvalue weighted by Crippen LogP contribution is 2.21. The van der Waals surface area contributed by atoms with Crippen LogP contribution in [0.25, 0.3) is 0 Å². The number of carboxylic acid groups (broad SMARTS) is 1. The van der Waals surface area contributed by atoms with Gasteiger partial charge in [0.15, 0.2) is 5.54 Å². The third kappa shape index (κ3) is 4.09. The molecule has 0 spiro atoms. The third-order valence-electron chi connectivity index (χ3n) is 3.18. The lowest BCUT2D eigenvalue weighted by Gasteiger charge is -2.26. The molecule has 1 atom stereocenters. The molecule has 0 aromatic heterocycles. The molecule has 0 saturated heterocycles. The quantitative estimate of drug-likeness (QED) is 0.743. The minimum absolute atomic E-state index is 0.220. The van der Waals surface area contributed by atoms with Gasteiger partial charge in [0.05, 0.1) is 0 Å². The monoisotopic (exact) mass is 263 g/mol. The van der Waals surface area contributed by atoms with E-state index in [9.17, 15) is 14.7 Å². The largest absolute Gasteiger partial charge is 0.479 e. The topological polar surface area (TPSA) is 66.4 Å². The Morgan fingerprint density at radius 3 is 2.37 bits per heavy atom. The van der Waals surface area contributed by atoms with Crippen LogP contribution in [-0.2, 0) is 15.1 Å². The number of carbonyl (C=O) groups excluding carboxylic acids is 1. The normalized spacial score (nSPS) is 13.6. The highest BCUT2D eigenvalue weighted by atomic mass is 16.4. The van der Waals surface area contributed by atoms with E-state index in [1.165, 1.54) is 6.92 Å². The zero-order chi connectivity index (χ0) is 14.3. The van der Waals surface area contributed by atoms with E-state index in [1.54, 1.807) is 24.3 Å². The summed E-state index contributed by atoms with van der Waals surface area (Å²) in [6.45, 7) is 3.58. The first-order valence-electron chi connectivity index (χ1n) is 6.60. The van der Waals surface area contributed by atoms with Gasteiger partial charge in [-0.15, -0.1) is 0 Å². The Morgan fingerprint density at radius 1 is 1.21 bits per heavy atom. The van der Waals surface area contributed by atoms with Gasteiger partial charge >= 0.3 is 5.97 Å². The van der Waals surface area contributed by atoms with Gasteiger partial charge in [0.2, 0.25) is 5.91 Å². The van der Waals surface area contributed by atoms with Crippen molar-refractivity contribution in [1.82, 2.24) is 5.32 Å². The molecule has 19 heavy (non-hydrogen) atoms. The van der Waals surface area contributed by atoms with Crippen molar-refractivity contribution >= 4 is 11.9 Å². The lowest BCUT2D eigenvalue weighted by Crippen LogP contribution is -2.49. The number of rotatable bonds is 7. The van der Waals surface area contributed by atoms with Crippen molar-refractivity contribution < 1.29 is 14.7 Å². The van der Waals surface area contributed by atoms with Gasteiger partial charge in [-0.2, -0.15) is 0 Å². The summed E-state index contributed by atoms with van der Waals surface area (Å²) in [4.78, 5) is 23.3. The first-order valence-corrected chi connectivity index (χ1v) is 6.60. The molecular formula is C15H21NO3. The summed E-state index contributed by atoms with van der Waals surface area (Å²) in [7, 11) is 0. The molecule has 0 heterocycles. The molecule has 1 unspecified atom stereocenters. The summed E-state index contributed by atoms with van der Waals surface area (Å²) in [6.07, 6.45) is 3.15. The van der Waals surface area contributed by atoms with E-state index >= 15 is 0 Å². The summed E-state index contributed by atoms with van der Waals surface area (Å²) < 4.78 is 0. The molecule has 1 rings (SSSR count). The fraction of sp³-hybridized carbons (Fsp3) is 0.467. The molecule has 1 amide bonds. The highest BCUT2D eigenvalue weighted by molar-refractivity contribution is 5.87. The van der Waals surface area contributed by atoms with Crippen molar-refractivity contribution in [3.05, 3.63) is 35.9 Å². The van der Waals surface area contributed by atoms with Crippen LogP contribution in [0, 0.1) is 0 Å². The molecule has 0 saturated carbocycles. The summed E-state index contributed by atoms with van der Waals surface area (Å²) in [5, 5.41) is 12.0. The Bertz CT molecular complexity index is 430. The van der Waals surface area contributed by atoms with Gasteiger partial charge in [0, 0.05) is 6.42 Å². The maximum Gasteiger partial charge on any atom is 0.333 e. The van der Waals surface area contributed by atoms with Crippen molar-refractivity contribution in [2.75, 3.05) is 0 Å². The smallest absolute Gasteiger partial charge is 0.333 e. The lowest BCUT2D eigenvalue weighted by molar-refractivity contribution is -0.147. The van der Waals surface area contributed by atoms with Gasteiger partial charge < -0.3 is 10.4 Å². The van der Waals surface area contributed by atoms with Crippen molar-refractivity contribution in [2.24, 2.45) is 0 Å². The number of amides is 1. The van der Waals surface area contributed by atoms with Gasteiger partial charge in [-0.3, -0.25) is 4.79 Å². The van der Waals surface area contributed by atoms with Gasteiger partial charge in [0.1, 0.15) is 0 Å². The highest BCUT2D eigenvalue weighted by Gasteiger charge is 2.36. The summed E-state index contributed by atoms with van der Waals surface area (Å²) in [5.41, 5.74) is -0.795. The van der Waals surface area contributed by atoms with Crippen LogP contribution in [0.2, 0.25) is 0 Å². The molecule has 2 N–H and O–H groups in total. The van der Waals surface area contributed by atoms with Crippen molar-refractivity contribution in [3.8, 4) is 0 Å². The van der Waals surface area contributed by atoms with Crippen LogP contribution in [0.3, 0.4) is 0 Å². The fourth-order valence-corrected chi connectivity index (χ4v) is 1.90. The molecule has 1 aromatic carbocycles. The summed E-state index contributed by atoms with van der Waals surface area (Å²) in [6, 6.07) is 8.76. The SMILES string of the molecule is CCCCCC(=O)NC(C)(C(=O)O)c1ccccc1. The third-order valence-corrected chi connectivity index (χ3v) is 3.18. The van der Waals surface area contributed by atoms with Crippen molar-refractivity contribution in [2.45, 2.75) is 45.1 Å². The maximum absolute atomic E-state index is 11.8. The average molecular weight is 263 g/mol. The van der Waals surface area contributed by atoms with Crippen LogP contribution < -0.4 is 5.32 Å². The second-order valence-corrected chi connectivity index (χ2v) is 4.80. The number of aliphatic carboxylic acids is 1. The number of carboxylic acids is 1. The van der Waals surface area contributed by atoms with Crippen molar-refractivity contribution in [1.29, 1.82) is 0 Å². The van der Waals surface area contributed by atoms with E-state index in [1.807, 2.05) is 6.07 Å². The molecule has 0 aliphatic rings. The second-order valence-electron chi connectivity index (χ2n) is 4.80. The van der Waals surface area contributed by atoms with Crippen LogP contribution in [0.4, 0.5) is 0 Å². The molecule has 0 radical (unpaired) electrons.